The molecule has 0 radical (unpaired) electrons. The van der Waals surface area contributed by atoms with Crippen LogP contribution in [-0.2, 0) is 15.0 Å². The Morgan fingerprint density at radius 1 is 1.08 bits per heavy atom. The Morgan fingerprint density at radius 3 is 2.46 bits per heavy atom. The zero-order valence-electron chi connectivity index (χ0n) is 22.1. The van der Waals surface area contributed by atoms with Crippen molar-refractivity contribution in [1.29, 1.82) is 0 Å². The van der Waals surface area contributed by atoms with Crippen molar-refractivity contribution >= 4 is 46.3 Å². The summed E-state index contributed by atoms with van der Waals surface area (Å²) in [5, 5.41) is 6.31. The maximum Gasteiger partial charge on any atom is 0.229 e. The van der Waals surface area contributed by atoms with Gasteiger partial charge in [-0.25, -0.2) is 4.98 Å². The molecule has 1 fully saturated rings. The van der Waals surface area contributed by atoms with Gasteiger partial charge in [0.2, 0.25) is 17.8 Å². The first kappa shape index (κ1) is 24.7. The van der Waals surface area contributed by atoms with Gasteiger partial charge in [0.1, 0.15) is 5.69 Å². The minimum Gasteiger partial charge on any atom is -0.326 e. The molecule has 0 atom stereocenters. The van der Waals surface area contributed by atoms with E-state index in [-0.39, 0.29) is 23.1 Å². The van der Waals surface area contributed by atoms with Crippen LogP contribution in [-0.4, -0.2) is 35.4 Å². The van der Waals surface area contributed by atoms with E-state index in [1.807, 2.05) is 25.1 Å². The van der Waals surface area contributed by atoms with Gasteiger partial charge in [0.25, 0.3) is 0 Å². The number of hydrogen-bond acceptors (Lipinski definition) is 6. The SMILES string of the molecule is Cc1cc(Nc2ncc3c(n2)N(c2ccc(C(C)(C)C)cc2)CCC(=O)N3C)ccc1NC(=O)C1CC1. The highest BCUT2D eigenvalue weighted by Gasteiger charge is 2.30. The summed E-state index contributed by atoms with van der Waals surface area (Å²) in [6, 6.07) is 14.2. The number of carbonyl (C=O) groups is 2. The number of aryl methyl sites for hydroxylation is 1. The minimum atomic E-state index is 0.0267. The van der Waals surface area contributed by atoms with E-state index in [1.165, 1.54) is 5.56 Å². The molecular weight excluding hydrogens is 464 g/mol. The Morgan fingerprint density at radius 2 is 1.81 bits per heavy atom. The molecule has 2 aliphatic rings. The largest absolute Gasteiger partial charge is 0.326 e. The topological polar surface area (TPSA) is 90.5 Å². The molecule has 3 aromatic rings. The van der Waals surface area contributed by atoms with E-state index >= 15 is 0 Å². The van der Waals surface area contributed by atoms with Crippen LogP contribution in [0, 0.1) is 12.8 Å². The number of hydrogen-bond donors (Lipinski definition) is 2. The predicted molar refractivity (Wildman–Crippen MR) is 148 cm³/mol. The molecular formula is C29H34N6O2. The van der Waals surface area contributed by atoms with Gasteiger partial charge in [-0.3, -0.25) is 9.59 Å². The second-order valence-corrected chi connectivity index (χ2v) is 11.0. The third-order valence-electron chi connectivity index (χ3n) is 7.02. The van der Waals surface area contributed by atoms with Crippen molar-refractivity contribution in [2.24, 2.45) is 5.92 Å². The van der Waals surface area contributed by atoms with Crippen LogP contribution < -0.4 is 20.4 Å². The Balaban J connectivity index is 1.43. The van der Waals surface area contributed by atoms with Gasteiger partial charge in [0.15, 0.2) is 5.82 Å². The van der Waals surface area contributed by atoms with Gasteiger partial charge in [-0.2, -0.15) is 4.98 Å². The molecule has 1 saturated carbocycles. The molecule has 8 heteroatoms. The summed E-state index contributed by atoms with van der Waals surface area (Å²) in [7, 11) is 1.77. The summed E-state index contributed by atoms with van der Waals surface area (Å²) in [6.45, 7) is 9.07. The van der Waals surface area contributed by atoms with E-state index < -0.39 is 0 Å². The number of aromatic nitrogens is 2. The molecule has 37 heavy (non-hydrogen) atoms. The van der Waals surface area contributed by atoms with Gasteiger partial charge in [0.05, 0.1) is 6.20 Å². The Bertz CT molecular complexity index is 1340. The highest BCUT2D eigenvalue weighted by atomic mass is 16.2. The molecule has 2 amide bonds. The van der Waals surface area contributed by atoms with Crippen LogP contribution in [0.5, 0.6) is 0 Å². The summed E-state index contributed by atoms with van der Waals surface area (Å²) in [6.07, 6.45) is 4.02. The molecule has 2 heterocycles. The number of nitrogens with one attached hydrogen (secondary N) is 2. The monoisotopic (exact) mass is 498 g/mol. The number of rotatable bonds is 5. The lowest BCUT2D eigenvalue weighted by Gasteiger charge is -2.26. The first-order valence-corrected chi connectivity index (χ1v) is 12.8. The molecule has 0 bridgehead atoms. The van der Waals surface area contributed by atoms with Crippen molar-refractivity contribution in [2.45, 2.75) is 52.4 Å². The maximum absolute atomic E-state index is 12.7. The third-order valence-corrected chi connectivity index (χ3v) is 7.02. The first-order valence-electron chi connectivity index (χ1n) is 12.8. The molecule has 8 nitrogen and oxygen atoms in total. The van der Waals surface area contributed by atoms with Crippen molar-refractivity contribution in [3.63, 3.8) is 0 Å². The average Bonchev–Trinajstić information content (AvgIpc) is 3.71. The number of carbonyl (C=O) groups excluding carboxylic acids is 2. The molecule has 1 aromatic heterocycles. The molecule has 2 N–H and O–H groups in total. The van der Waals surface area contributed by atoms with Gasteiger partial charge in [-0.15, -0.1) is 0 Å². The van der Waals surface area contributed by atoms with Crippen LogP contribution in [0.4, 0.5) is 34.5 Å². The van der Waals surface area contributed by atoms with Crippen molar-refractivity contribution < 1.29 is 9.59 Å². The molecule has 5 rings (SSSR count). The fourth-order valence-corrected chi connectivity index (χ4v) is 4.46. The normalized spacial score (nSPS) is 15.8. The van der Waals surface area contributed by atoms with Crippen LogP contribution in [0.15, 0.2) is 48.7 Å². The van der Waals surface area contributed by atoms with E-state index in [9.17, 15) is 9.59 Å². The van der Waals surface area contributed by atoms with Gasteiger partial charge in [0, 0.05) is 43.0 Å². The Kier molecular flexibility index (Phi) is 6.35. The highest BCUT2D eigenvalue weighted by molar-refractivity contribution is 5.98. The number of amides is 2. The number of nitrogens with zero attached hydrogens (tertiary/aromatic N) is 4. The van der Waals surface area contributed by atoms with E-state index in [0.717, 1.165) is 35.5 Å². The molecule has 2 aromatic carbocycles. The van der Waals surface area contributed by atoms with Gasteiger partial charge < -0.3 is 20.4 Å². The zero-order chi connectivity index (χ0) is 26.3. The second-order valence-electron chi connectivity index (χ2n) is 11.0. The van der Waals surface area contributed by atoms with Crippen LogP contribution in [0.2, 0.25) is 0 Å². The Hall–Kier alpha value is -3.94. The smallest absolute Gasteiger partial charge is 0.229 e. The summed E-state index contributed by atoms with van der Waals surface area (Å²) >= 11 is 0. The van der Waals surface area contributed by atoms with Gasteiger partial charge in [-0.05, 0) is 66.6 Å². The fraction of sp³-hybridized carbons (Fsp3) is 0.379. The minimum absolute atomic E-state index is 0.0267. The van der Waals surface area contributed by atoms with E-state index in [0.29, 0.717) is 30.4 Å². The lowest BCUT2D eigenvalue weighted by Crippen LogP contribution is -2.25. The van der Waals surface area contributed by atoms with Crippen molar-refractivity contribution in [1.82, 2.24) is 9.97 Å². The number of fused-ring (bicyclic) bond motifs is 1. The van der Waals surface area contributed by atoms with Crippen molar-refractivity contribution in [2.75, 3.05) is 34.0 Å². The molecule has 192 valence electrons. The highest BCUT2D eigenvalue weighted by Crippen LogP contribution is 2.37. The predicted octanol–water partition coefficient (Wildman–Crippen LogP) is 5.68. The van der Waals surface area contributed by atoms with E-state index in [4.69, 9.17) is 4.98 Å². The summed E-state index contributed by atoms with van der Waals surface area (Å²) in [5.74, 6) is 1.39. The standard InChI is InChI=1S/C29H34N6O2/c1-18-16-21(10-13-23(18)32-27(37)19-6-7-19)31-28-30-17-24-26(33-28)35(15-14-25(36)34(24)5)22-11-8-20(9-12-22)29(2,3)4/h8-13,16-17,19H,6-7,14-15H2,1-5H3,(H,32,37)(H,30,31,33). The molecule has 1 aliphatic heterocycles. The number of anilines is 6. The summed E-state index contributed by atoms with van der Waals surface area (Å²) in [4.78, 5) is 37.9. The van der Waals surface area contributed by atoms with Crippen molar-refractivity contribution in [3.05, 3.63) is 59.8 Å². The summed E-state index contributed by atoms with van der Waals surface area (Å²) < 4.78 is 0. The lowest BCUT2D eigenvalue weighted by atomic mass is 9.87. The van der Waals surface area contributed by atoms with Crippen LogP contribution >= 0.6 is 0 Å². The average molecular weight is 499 g/mol. The van der Waals surface area contributed by atoms with Crippen molar-refractivity contribution in [3.8, 4) is 0 Å². The lowest BCUT2D eigenvalue weighted by molar-refractivity contribution is -0.118. The molecule has 0 spiro atoms. The number of benzene rings is 2. The van der Waals surface area contributed by atoms with Crippen LogP contribution in [0.25, 0.3) is 0 Å². The molecule has 0 unspecified atom stereocenters. The quantitative estimate of drug-likeness (QED) is 0.470. The van der Waals surface area contributed by atoms with Gasteiger partial charge in [-0.1, -0.05) is 32.9 Å². The molecule has 0 saturated heterocycles. The summed E-state index contributed by atoms with van der Waals surface area (Å²) in [5.41, 5.74) is 5.54. The van der Waals surface area contributed by atoms with Crippen LogP contribution in [0.1, 0.15) is 51.2 Å². The Labute approximate surface area is 218 Å². The second kappa shape index (κ2) is 9.50. The third kappa shape index (κ3) is 5.28. The zero-order valence-corrected chi connectivity index (χ0v) is 22.1. The van der Waals surface area contributed by atoms with Crippen LogP contribution in [0.3, 0.4) is 0 Å². The maximum atomic E-state index is 12.7. The molecule has 1 aliphatic carbocycles. The first-order chi connectivity index (χ1) is 17.6. The van der Waals surface area contributed by atoms with Gasteiger partial charge >= 0.3 is 0 Å². The fourth-order valence-electron chi connectivity index (χ4n) is 4.46. The van der Waals surface area contributed by atoms with E-state index in [2.05, 4.69) is 65.6 Å². The van der Waals surface area contributed by atoms with E-state index in [1.54, 1.807) is 18.1 Å².